The molecule has 0 aliphatic carbocycles. The van der Waals surface area contributed by atoms with Gasteiger partial charge in [-0.15, -0.1) is 0 Å². The number of carbonyl (C=O) groups is 2. The topological polar surface area (TPSA) is 65.1 Å². The number of rotatable bonds is 7. The van der Waals surface area contributed by atoms with E-state index in [1.807, 2.05) is 42.5 Å². The summed E-state index contributed by atoms with van der Waals surface area (Å²) in [5.41, 5.74) is 1.76. The van der Waals surface area contributed by atoms with E-state index in [9.17, 15) is 9.59 Å². The maximum Gasteiger partial charge on any atom is 0.311 e. The van der Waals surface area contributed by atoms with Gasteiger partial charge in [0.2, 0.25) is 5.91 Å². The largest absolute Gasteiger partial charge is 0.493 e. The molecule has 27 heavy (non-hydrogen) atoms. The highest BCUT2D eigenvalue weighted by Crippen LogP contribution is 2.31. The van der Waals surface area contributed by atoms with Crippen LogP contribution in [0.25, 0.3) is 0 Å². The first kappa shape index (κ1) is 18.8. The van der Waals surface area contributed by atoms with Gasteiger partial charge in [0.1, 0.15) is 6.61 Å². The van der Waals surface area contributed by atoms with E-state index >= 15 is 0 Å². The molecule has 1 amide bonds. The Morgan fingerprint density at radius 3 is 2.56 bits per heavy atom. The molecular weight excluding hydrogens is 346 g/mol. The standard InChI is InChI=1S/C21H23NO5/c1-25-18-10-6-9-16(20(18)26-2)14-27-21(24)17-11-19(23)22(13-17)12-15-7-4-3-5-8-15/h3-10,17H,11-14H2,1-2H3/t17-/m0/s1. The van der Waals surface area contributed by atoms with Gasteiger partial charge in [-0.25, -0.2) is 0 Å². The minimum absolute atomic E-state index is 0.0280. The summed E-state index contributed by atoms with van der Waals surface area (Å²) < 4.78 is 16.0. The lowest BCUT2D eigenvalue weighted by atomic mass is 10.1. The number of hydrogen-bond donors (Lipinski definition) is 0. The molecule has 6 heteroatoms. The number of nitrogens with zero attached hydrogens (tertiary/aromatic N) is 1. The Morgan fingerprint density at radius 1 is 1.07 bits per heavy atom. The molecular formula is C21H23NO5. The van der Waals surface area contributed by atoms with E-state index in [1.165, 1.54) is 0 Å². The van der Waals surface area contributed by atoms with Crippen LogP contribution >= 0.6 is 0 Å². The Kier molecular flexibility index (Phi) is 5.96. The molecule has 0 spiro atoms. The lowest BCUT2D eigenvalue weighted by Crippen LogP contribution is -2.26. The average molecular weight is 369 g/mol. The Balaban J connectivity index is 1.58. The fourth-order valence-electron chi connectivity index (χ4n) is 3.22. The molecule has 0 unspecified atom stereocenters. The molecule has 3 rings (SSSR count). The van der Waals surface area contributed by atoms with E-state index in [0.717, 1.165) is 11.1 Å². The van der Waals surface area contributed by atoms with Gasteiger partial charge in [-0.1, -0.05) is 42.5 Å². The molecule has 6 nitrogen and oxygen atoms in total. The molecule has 1 heterocycles. The SMILES string of the molecule is COc1cccc(COC(=O)[C@H]2CC(=O)N(Cc3ccccc3)C2)c1OC. The molecule has 142 valence electrons. The summed E-state index contributed by atoms with van der Waals surface area (Å²) in [6.07, 6.45) is 0.181. The number of para-hydroxylation sites is 1. The van der Waals surface area contributed by atoms with E-state index < -0.39 is 5.92 Å². The summed E-state index contributed by atoms with van der Waals surface area (Å²) >= 11 is 0. The minimum atomic E-state index is -0.446. The summed E-state index contributed by atoms with van der Waals surface area (Å²) in [4.78, 5) is 26.4. The first-order valence-corrected chi connectivity index (χ1v) is 8.80. The van der Waals surface area contributed by atoms with E-state index in [0.29, 0.717) is 24.6 Å². The first-order chi connectivity index (χ1) is 13.1. The second kappa shape index (κ2) is 8.58. The fraction of sp³-hybridized carbons (Fsp3) is 0.333. The highest BCUT2D eigenvalue weighted by atomic mass is 16.5. The zero-order chi connectivity index (χ0) is 19.2. The average Bonchev–Trinajstić information content (AvgIpc) is 3.06. The fourth-order valence-corrected chi connectivity index (χ4v) is 3.22. The summed E-state index contributed by atoms with van der Waals surface area (Å²) in [5, 5.41) is 0. The summed E-state index contributed by atoms with van der Waals surface area (Å²) in [6, 6.07) is 15.1. The molecule has 1 saturated heterocycles. The van der Waals surface area contributed by atoms with Crippen LogP contribution in [0.5, 0.6) is 11.5 Å². The van der Waals surface area contributed by atoms with Crippen molar-refractivity contribution in [2.24, 2.45) is 5.92 Å². The van der Waals surface area contributed by atoms with Crippen molar-refractivity contribution in [2.75, 3.05) is 20.8 Å². The van der Waals surface area contributed by atoms with Crippen LogP contribution in [0.15, 0.2) is 48.5 Å². The summed E-state index contributed by atoms with van der Waals surface area (Å²) in [6.45, 7) is 0.956. The molecule has 1 atom stereocenters. The van der Waals surface area contributed by atoms with Gasteiger partial charge in [-0.2, -0.15) is 0 Å². The van der Waals surface area contributed by atoms with Crippen molar-refractivity contribution >= 4 is 11.9 Å². The predicted octanol–water partition coefficient (Wildman–Crippen LogP) is 2.80. The highest BCUT2D eigenvalue weighted by Gasteiger charge is 2.35. The molecule has 0 aromatic heterocycles. The zero-order valence-corrected chi connectivity index (χ0v) is 15.5. The third kappa shape index (κ3) is 4.39. The Hall–Kier alpha value is -3.02. The molecule has 1 fully saturated rings. The molecule has 0 N–H and O–H groups in total. The molecule has 2 aromatic carbocycles. The van der Waals surface area contributed by atoms with Crippen LogP contribution in [0.1, 0.15) is 17.5 Å². The molecule has 1 aliphatic rings. The summed E-state index contributed by atoms with van der Waals surface area (Å²) in [7, 11) is 3.10. The van der Waals surface area contributed by atoms with E-state index in [-0.39, 0.29) is 24.9 Å². The van der Waals surface area contributed by atoms with E-state index in [4.69, 9.17) is 14.2 Å². The van der Waals surface area contributed by atoms with Crippen LogP contribution in [0.2, 0.25) is 0 Å². The van der Waals surface area contributed by atoms with Crippen molar-refractivity contribution in [1.82, 2.24) is 4.90 Å². The van der Waals surface area contributed by atoms with Crippen molar-refractivity contribution in [1.29, 1.82) is 0 Å². The van der Waals surface area contributed by atoms with Crippen molar-refractivity contribution < 1.29 is 23.8 Å². The maximum atomic E-state index is 12.4. The van der Waals surface area contributed by atoms with Gasteiger partial charge in [-0.05, 0) is 11.6 Å². The Labute approximate surface area is 158 Å². The minimum Gasteiger partial charge on any atom is -0.493 e. The van der Waals surface area contributed by atoms with E-state index in [2.05, 4.69) is 0 Å². The van der Waals surface area contributed by atoms with Gasteiger partial charge in [0.15, 0.2) is 11.5 Å². The van der Waals surface area contributed by atoms with Crippen LogP contribution < -0.4 is 9.47 Å². The number of likely N-dealkylation sites (tertiary alicyclic amines) is 1. The number of carbonyl (C=O) groups excluding carboxylic acids is 2. The normalized spacial score (nSPS) is 16.3. The molecule has 0 bridgehead atoms. The third-order valence-electron chi connectivity index (χ3n) is 4.62. The molecule has 2 aromatic rings. The van der Waals surface area contributed by atoms with E-state index in [1.54, 1.807) is 25.2 Å². The molecule has 1 aliphatic heterocycles. The van der Waals surface area contributed by atoms with Crippen LogP contribution in [0.3, 0.4) is 0 Å². The molecule has 0 saturated carbocycles. The predicted molar refractivity (Wildman–Crippen MR) is 99.3 cm³/mol. The van der Waals surface area contributed by atoms with Gasteiger partial charge in [0, 0.05) is 25.1 Å². The number of methoxy groups -OCH3 is 2. The number of esters is 1. The van der Waals surface area contributed by atoms with Gasteiger partial charge >= 0.3 is 5.97 Å². The lowest BCUT2D eigenvalue weighted by Gasteiger charge is -2.17. The second-order valence-electron chi connectivity index (χ2n) is 6.42. The van der Waals surface area contributed by atoms with Crippen molar-refractivity contribution in [3.8, 4) is 11.5 Å². The summed E-state index contributed by atoms with van der Waals surface area (Å²) in [5.74, 6) is 0.276. The third-order valence-corrected chi connectivity index (χ3v) is 4.62. The quantitative estimate of drug-likeness (QED) is 0.702. The maximum absolute atomic E-state index is 12.4. The number of ether oxygens (including phenoxy) is 3. The van der Waals surface area contributed by atoms with Gasteiger partial charge < -0.3 is 19.1 Å². The first-order valence-electron chi connectivity index (χ1n) is 8.80. The van der Waals surface area contributed by atoms with Crippen LogP contribution in [-0.2, 0) is 27.5 Å². The van der Waals surface area contributed by atoms with Crippen molar-refractivity contribution in [3.05, 3.63) is 59.7 Å². The van der Waals surface area contributed by atoms with Gasteiger partial charge in [0.25, 0.3) is 0 Å². The smallest absolute Gasteiger partial charge is 0.311 e. The monoisotopic (exact) mass is 369 g/mol. The highest BCUT2D eigenvalue weighted by molar-refractivity contribution is 5.86. The molecule has 0 radical (unpaired) electrons. The van der Waals surface area contributed by atoms with Crippen molar-refractivity contribution in [3.63, 3.8) is 0 Å². The van der Waals surface area contributed by atoms with Crippen molar-refractivity contribution in [2.45, 2.75) is 19.6 Å². The van der Waals surface area contributed by atoms with Gasteiger partial charge in [0.05, 0.1) is 20.1 Å². The lowest BCUT2D eigenvalue weighted by molar-refractivity contribution is -0.149. The zero-order valence-electron chi connectivity index (χ0n) is 15.5. The number of benzene rings is 2. The van der Waals surface area contributed by atoms with Crippen LogP contribution in [0, 0.1) is 5.92 Å². The van der Waals surface area contributed by atoms with Crippen LogP contribution in [0.4, 0.5) is 0 Å². The van der Waals surface area contributed by atoms with Gasteiger partial charge in [-0.3, -0.25) is 9.59 Å². The number of hydrogen-bond acceptors (Lipinski definition) is 5. The Bertz CT molecular complexity index is 805. The Morgan fingerprint density at radius 2 is 1.85 bits per heavy atom. The second-order valence-corrected chi connectivity index (χ2v) is 6.42. The van der Waals surface area contributed by atoms with Crippen LogP contribution in [-0.4, -0.2) is 37.5 Å². The number of amides is 1.